The second-order valence-electron chi connectivity index (χ2n) is 4.29. The van der Waals surface area contributed by atoms with E-state index >= 15 is 0 Å². The third-order valence-electron chi connectivity index (χ3n) is 2.68. The van der Waals surface area contributed by atoms with Crippen molar-refractivity contribution >= 4 is 39.9 Å². The predicted molar refractivity (Wildman–Crippen MR) is 84.6 cm³/mol. The lowest BCUT2D eigenvalue weighted by Gasteiger charge is -2.12. The normalized spacial score (nSPS) is 11.9. The van der Waals surface area contributed by atoms with Crippen molar-refractivity contribution in [2.45, 2.75) is 32.7 Å². The topological polar surface area (TPSA) is 67.2 Å². The van der Waals surface area contributed by atoms with Crippen molar-refractivity contribution in [1.82, 2.24) is 5.32 Å². The van der Waals surface area contributed by atoms with E-state index in [2.05, 4.69) is 40.1 Å². The van der Waals surface area contributed by atoms with Crippen LogP contribution in [0.5, 0.6) is 0 Å². The van der Waals surface area contributed by atoms with Gasteiger partial charge >= 0.3 is 0 Å². The van der Waals surface area contributed by atoms with Gasteiger partial charge in [-0.15, -0.1) is 0 Å². The number of halogens is 1. The molecule has 1 atom stereocenters. The van der Waals surface area contributed by atoms with Gasteiger partial charge in [-0.05, 0) is 54.1 Å². The monoisotopic (exact) mass is 361 g/mol. The number of benzene rings is 1. The van der Waals surface area contributed by atoms with Crippen LogP contribution in [0.3, 0.4) is 0 Å². The molecule has 0 aromatic heterocycles. The maximum atomic E-state index is 11.6. The molecular weight excluding hydrogens is 341 g/mol. The number of nitrogens with two attached hydrogens (primary N) is 1. The maximum Gasteiger partial charge on any atom is 0.221 e. The average molecular weight is 361 g/mol. The summed E-state index contributed by atoms with van der Waals surface area (Å²) < 4.78 is 1.06. The first-order chi connectivity index (χ1) is 8.52. The molecule has 4 nitrogen and oxygen atoms in total. The molecule has 0 aliphatic rings. The van der Waals surface area contributed by atoms with Crippen LogP contribution in [0.25, 0.3) is 0 Å². The number of nitrogens with one attached hydrogen (secondary N) is 2. The van der Waals surface area contributed by atoms with Crippen LogP contribution in [0, 0.1) is 3.57 Å². The number of carbonyl (C=O) groups is 1. The zero-order valence-electron chi connectivity index (χ0n) is 10.8. The van der Waals surface area contributed by atoms with Crippen LogP contribution in [-0.2, 0) is 4.79 Å². The predicted octanol–water partition coefficient (Wildman–Crippen LogP) is 2.59. The van der Waals surface area contributed by atoms with E-state index in [0.29, 0.717) is 13.0 Å². The zero-order valence-corrected chi connectivity index (χ0v) is 13.0. The summed E-state index contributed by atoms with van der Waals surface area (Å²) in [6, 6.07) is 5.93. The summed E-state index contributed by atoms with van der Waals surface area (Å²) in [5.41, 5.74) is 7.44. The van der Waals surface area contributed by atoms with E-state index in [-0.39, 0.29) is 11.9 Å². The molecule has 0 heterocycles. The van der Waals surface area contributed by atoms with Gasteiger partial charge in [-0.3, -0.25) is 4.79 Å². The van der Waals surface area contributed by atoms with Gasteiger partial charge in [0.15, 0.2) is 0 Å². The van der Waals surface area contributed by atoms with Gasteiger partial charge in [-0.25, -0.2) is 0 Å². The Hall–Kier alpha value is -0.980. The Morgan fingerprint density at radius 1 is 1.50 bits per heavy atom. The minimum Gasteiger partial charge on any atom is -0.399 e. The highest BCUT2D eigenvalue weighted by Crippen LogP contribution is 2.20. The van der Waals surface area contributed by atoms with Gasteiger partial charge in [0.05, 0.1) is 0 Å². The molecule has 0 bridgehead atoms. The summed E-state index contributed by atoms with van der Waals surface area (Å²) in [6.45, 7) is 4.69. The van der Waals surface area contributed by atoms with Crippen LogP contribution in [0.1, 0.15) is 26.7 Å². The Labute approximate surface area is 122 Å². The van der Waals surface area contributed by atoms with Gasteiger partial charge < -0.3 is 16.4 Å². The molecule has 0 fully saturated rings. The molecule has 1 unspecified atom stereocenters. The SMILES string of the molecule is CCC(C)NC(=O)CCNc1ccc(N)cc1I. The minimum atomic E-state index is 0.0855. The molecule has 100 valence electrons. The molecule has 5 heteroatoms. The molecule has 0 saturated carbocycles. The van der Waals surface area contributed by atoms with Crippen LogP contribution in [0.2, 0.25) is 0 Å². The molecule has 1 rings (SSSR count). The van der Waals surface area contributed by atoms with E-state index in [1.54, 1.807) is 0 Å². The van der Waals surface area contributed by atoms with Gasteiger partial charge in [-0.2, -0.15) is 0 Å². The molecule has 1 aromatic rings. The molecular formula is C13H20IN3O. The number of hydrogen-bond acceptors (Lipinski definition) is 3. The van der Waals surface area contributed by atoms with E-state index in [4.69, 9.17) is 5.73 Å². The van der Waals surface area contributed by atoms with Gasteiger partial charge in [0, 0.05) is 34.0 Å². The fourth-order valence-electron chi connectivity index (χ4n) is 1.43. The Morgan fingerprint density at radius 2 is 2.22 bits per heavy atom. The molecule has 0 saturated heterocycles. The molecule has 1 aromatic carbocycles. The Balaban J connectivity index is 2.35. The van der Waals surface area contributed by atoms with Gasteiger partial charge in [0.25, 0.3) is 0 Å². The highest BCUT2D eigenvalue weighted by atomic mass is 127. The zero-order chi connectivity index (χ0) is 13.5. The Bertz CT molecular complexity index is 409. The summed E-state index contributed by atoms with van der Waals surface area (Å²) >= 11 is 2.23. The van der Waals surface area contributed by atoms with Crippen LogP contribution in [0.15, 0.2) is 18.2 Å². The number of hydrogen-bond donors (Lipinski definition) is 3. The maximum absolute atomic E-state index is 11.6. The summed E-state index contributed by atoms with van der Waals surface area (Å²) in [5.74, 6) is 0.0855. The van der Waals surface area contributed by atoms with Gasteiger partial charge in [0.2, 0.25) is 5.91 Å². The number of anilines is 2. The standard InChI is InChI=1S/C13H20IN3O/c1-3-9(2)17-13(18)6-7-16-12-5-4-10(15)8-11(12)14/h4-5,8-9,16H,3,6-7,15H2,1-2H3,(H,17,18). The van der Waals surface area contributed by atoms with Crippen molar-refractivity contribution in [2.24, 2.45) is 0 Å². The van der Waals surface area contributed by atoms with Crippen LogP contribution >= 0.6 is 22.6 Å². The minimum absolute atomic E-state index is 0.0855. The Kier molecular flexibility index (Phi) is 6.24. The molecule has 0 aliphatic carbocycles. The fraction of sp³-hybridized carbons (Fsp3) is 0.462. The van der Waals surface area contributed by atoms with Crippen LogP contribution in [0.4, 0.5) is 11.4 Å². The van der Waals surface area contributed by atoms with E-state index in [9.17, 15) is 4.79 Å². The summed E-state index contributed by atoms with van der Waals surface area (Å²) in [7, 11) is 0. The summed E-state index contributed by atoms with van der Waals surface area (Å²) in [4.78, 5) is 11.6. The Morgan fingerprint density at radius 3 is 2.83 bits per heavy atom. The quantitative estimate of drug-likeness (QED) is 0.539. The molecule has 0 aliphatic heterocycles. The molecule has 0 spiro atoms. The lowest BCUT2D eigenvalue weighted by Crippen LogP contribution is -2.32. The number of carbonyl (C=O) groups excluding carboxylic acids is 1. The van der Waals surface area contributed by atoms with Gasteiger partial charge in [-0.1, -0.05) is 6.92 Å². The van der Waals surface area contributed by atoms with E-state index < -0.39 is 0 Å². The number of rotatable bonds is 6. The summed E-state index contributed by atoms with van der Waals surface area (Å²) in [6.07, 6.45) is 1.43. The fourth-order valence-corrected chi connectivity index (χ4v) is 2.16. The largest absolute Gasteiger partial charge is 0.399 e. The van der Waals surface area contributed by atoms with Crippen LogP contribution < -0.4 is 16.4 Å². The van der Waals surface area contributed by atoms with Crippen LogP contribution in [-0.4, -0.2) is 18.5 Å². The van der Waals surface area contributed by atoms with Crippen molar-refractivity contribution in [3.05, 3.63) is 21.8 Å². The van der Waals surface area contributed by atoms with Crippen molar-refractivity contribution in [3.63, 3.8) is 0 Å². The molecule has 1 amide bonds. The van der Waals surface area contributed by atoms with Gasteiger partial charge in [0.1, 0.15) is 0 Å². The second-order valence-corrected chi connectivity index (χ2v) is 5.46. The summed E-state index contributed by atoms with van der Waals surface area (Å²) in [5, 5.41) is 6.18. The second kappa shape index (κ2) is 7.45. The molecule has 4 N–H and O–H groups in total. The molecule has 0 radical (unpaired) electrons. The average Bonchev–Trinajstić information content (AvgIpc) is 2.31. The van der Waals surface area contributed by atoms with Crippen molar-refractivity contribution in [2.75, 3.05) is 17.6 Å². The van der Waals surface area contributed by atoms with Crippen molar-refractivity contribution in [1.29, 1.82) is 0 Å². The van der Waals surface area contributed by atoms with E-state index in [0.717, 1.165) is 21.4 Å². The number of amides is 1. The number of nitrogen functional groups attached to an aromatic ring is 1. The molecule has 18 heavy (non-hydrogen) atoms. The third-order valence-corrected chi connectivity index (χ3v) is 3.57. The van der Waals surface area contributed by atoms with E-state index in [1.165, 1.54) is 0 Å². The third kappa shape index (κ3) is 5.12. The van der Waals surface area contributed by atoms with Crippen molar-refractivity contribution in [3.8, 4) is 0 Å². The smallest absolute Gasteiger partial charge is 0.221 e. The van der Waals surface area contributed by atoms with Crippen molar-refractivity contribution < 1.29 is 4.79 Å². The first-order valence-corrected chi connectivity index (χ1v) is 7.19. The highest BCUT2D eigenvalue weighted by Gasteiger charge is 2.05. The first-order valence-electron chi connectivity index (χ1n) is 6.11. The lowest BCUT2D eigenvalue weighted by molar-refractivity contribution is -0.121. The first kappa shape index (κ1) is 15.1. The van der Waals surface area contributed by atoms with E-state index in [1.807, 2.05) is 25.1 Å². The highest BCUT2D eigenvalue weighted by molar-refractivity contribution is 14.1. The lowest BCUT2D eigenvalue weighted by atomic mass is 10.2.